The highest BCUT2D eigenvalue weighted by atomic mass is 33.1. The number of nitrogens with one attached hydrogen (secondary N) is 2. The summed E-state index contributed by atoms with van der Waals surface area (Å²) in [6, 6.07) is 10.4. The van der Waals surface area contributed by atoms with Gasteiger partial charge in [-0.2, -0.15) is 10.5 Å². The predicted molar refractivity (Wildman–Crippen MR) is 125 cm³/mol. The quantitative estimate of drug-likeness (QED) is 0.179. The fourth-order valence-electron chi connectivity index (χ4n) is 2.33. The van der Waals surface area contributed by atoms with Crippen LogP contribution in [-0.2, 0) is 32.2 Å². The average Bonchev–Trinajstić information content (AvgIpc) is 3.55. The van der Waals surface area contributed by atoms with Crippen molar-refractivity contribution in [3.63, 3.8) is 0 Å². The Hall–Kier alpha value is -3.74. The average molecular weight is 503 g/mol. The number of nitrogens with zero attached hydrogens (tertiary/aromatic N) is 2. The van der Waals surface area contributed by atoms with E-state index >= 15 is 0 Å². The van der Waals surface area contributed by atoms with E-state index in [4.69, 9.17) is 18.3 Å². The summed E-state index contributed by atoms with van der Waals surface area (Å²) in [5, 5.41) is 24.3. The van der Waals surface area contributed by atoms with E-state index < -0.39 is 11.8 Å². The van der Waals surface area contributed by atoms with E-state index in [2.05, 4.69) is 10.6 Å². The van der Waals surface area contributed by atoms with E-state index in [1.54, 1.807) is 38.1 Å². The number of ether oxygens (including phenoxy) is 2. The number of amides is 2. The number of carbonyl (C=O) groups is 2. The molecule has 2 amide bonds. The Morgan fingerprint density at radius 2 is 1.26 bits per heavy atom. The van der Waals surface area contributed by atoms with E-state index in [1.165, 1.54) is 12.5 Å². The third-order valence-corrected chi connectivity index (χ3v) is 6.02. The van der Waals surface area contributed by atoms with Gasteiger partial charge in [0, 0.05) is 0 Å². The summed E-state index contributed by atoms with van der Waals surface area (Å²) < 4.78 is 21.3. The van der Waals surface area contributed by atoms with Crippen molar-refractivity contribution in [3.05, 3.63) is 69.6 Å². The van der Waals surface area contributed by atoms with Crippen molar-refractivity contribution in [2.75, 3.05) is 13.2 Å². The largest absolute Gasteiger partial charge is 0.485 e. The van der Waals surface area contributed by atoms with Crippen LogP contribution in [0.2, 0.25) is 0 Å². The number of furan rings is 2. The highest BCUT2D eigenvalue weighted by Crippen LogP contribution is 2.40. The highest BCUT2D eigenvalue weighted by molar-refractivity contribution is 8.79. The molecule has 34 heavy (non-hydrogen) atoms. The minimum absolute atomic E-state index is 0.0115. The molecule has 0 aliphatic heterocycles. The van der Waals surface area contributed by atoms with Gasteiger partial charge in [0.25, 0.3) is 11.8 Å². The normalized spacial score (nSPS) is 11.9. The lowest BCUT2D eigenvalue weighted by atomic mass is 10.3. The van der Waals surface area contributed by atoms with Gasteiger partial charge < -0.3 is 28.9 Å². The molecule has 0 saturated heterocycles. The molecule has 0 fully saturated rings. The van der Waals surface area contributed by atoms with Gasteiger partial charge in [-0.05, 0) is 59.7 Å². The molecule has 2 heterocycles. The van der Waals surface area contributed by atoms with Gasteiger partial charge >= 0.3 is 0 Å². The van der Waals surface area contributed by atoms with E-state index in [-0.39, 0.29) is 47.6 Å². The summed E-state index contributed by atoms with van der Waals surface area (Å²) >= 11 is 0. The molecule has 10 nitrogen and oxygen atoms in total. The first-order chi connectivity index (χ1) is 16.5. The Balaban J connectivity index is 2.17. The molecule has 178 valence electrons. The maximum atomic E-state index is 12.5. The highest BCUT2D eigenvalue weighted by Gasteiger charge is 2.22. The molecular weight excluding hydrogens is 480 g/mol. The monoisotopic (exact) mass is 502 g/mol. The van der Waals surface area contributed by atoms with Crippen LogP contribution >= 0.6 is 21.6 Å². The lowest BCUT2D eigenvalue weighted by Gasteiger charge is -2.13. The van der Waals surface area contributed by atoms with Crippen LogP contribution in [0, 0.1) is 22.7 Å². The van der Waals surface area contributed by atoms with E-state index in [0.29, 0.717) is 11.5 Å². The van der Waals surface area contributed by atoms with E-state index in [1.807, 2.05) is 12.1 Å². The molecular formula is C22H22N4O6S2. The first kappa shape index (κ1) is 26.5. The predicted octanol–water partition coefficient (Wildman–Crippen LogP) is 3.73. The third kappa shape index (κ3) is 7.99. The Bertz CT molecular complexity index is 1010. The topological polar surface area (TPSA) is 151 Å². The maximum absolute atomic E-state index is 12.5. The molecule has 12 heteroatoms. The summed E-state index contributed by atoms with van der Waals surface area (Å²) in [6.45, 7) is 3.94. The minimum atomic E-state index is -0.658. The number of hydrogen-bond acceptors (Lipinski definition) is 10. The molecule has 2 aromatic heterocycles. The van der Waals surface area contributed by atoms with Crippen LogP contribution in [0.5, 0.6) is 0 Å². The number of hydrogen-bond donors (Lipinski definition) is 2. The van der Waals surface area contributed by atoms with Gasteiger partial charge in [0.15, 0.2) is 21.3 Å². The van der Waals surface area contributed by atoms with Crippen LogP contribution in [0.25, 0.3) is 0 Å². The number of rotatable bonds is 13. The van der Waals surface area contributed by atoms with Crippen molar-refractivity contribution in [2.45, 2.75) is 26.9 Å². The zero-order valence-electron chi connectivity index (χ0n) is 18.5. The molecule has 0 radical (unpaired) electrons. The van der Waals surface area contributed by atoms with Gasteiger partial charge in [-0.3, -0.25) is 9.59 Å². The first-order valence-corrected chi connectivity index (χ1v) is 12.2. The van der Waals surface area contributed by atoms with Crippen LogP contribution in [0.3, 0.4) is 0 Å². The van der Waals surface area contributed by atoms with Crippen LogP contribution in [0.1, 0.15) is 25.4 Å². The summed E-state index contributed by atoms with van der Waals surface area (Å²) in [7, 11) is 1.78. The van der Waals surface area contributed by atoms with Gasteiger partial charge in [0.2, 0.25) is 0 Å². The maximum Gasteiger partial charge on any atom is 0.266 e. The van der Waals surface area contributed by atoms with Crippen molar-refractivity contribution in [1.29, 1.82) is 10.5 Å². The van der Waals surface area contributed by atoms with Crippen LogP contribution in [-0.4, -0.2) is 25.0 Å². The van der Waals surface area contributed by atoms with Crippen LogP contribution in [0.4, 0.5) is 0 Å². The Labute approximate surface area is 204 Å². The Kier molecular flexibility index (Phi) is 11.2. The lowest BCUT2D eigenvalue weighted by molar-refractivity contribution is -0.118. The summed E-state index contributed by atoms with van der Waals surface area (Å²) in [6.07, 6.45) is 2.94. The van der Waals surface area contributed by atoms with Crippen molar-refractivity contribution in [2.24, 2.45) is 0 Å². The second-order valence-corrected chi connectivity index (χ2v) is 8.18. The molecule has 0 bridgehead atoms. The smallest absolute Gasteiger partial charge is 0.266 e. The second-order valence-electron chi connectivity index (χ2n) is 6.11. The Morgan fingerprint density at radius 1 is 0.853 bits per heavy atom. The molecule has 0 aliphatic carbocycles. The summed E-state index contributed by atoms with van der Waals surface area (Å²) in [5.74, 6) is -0.277. The minimum Gasteiger partial charge on any atom is -0.485 e. The number of carbonyl (C=O) groups excluding carboxylic acids is 2. The zero-order valence-corrected chi connectivity index (χ0v) is 20.1. The van der Waals surface area contributed by atoms with Gasteiger partial charge in [0.1, 0.15) is 23.7 Å². The molecule has 0 saturated carbocycles. The van der Waals surface area contributed by atoms with Gasteiger partial charge in [-0.1, -0.05) is 0 Å². The fraction of sp³-hybridized carbons (Fsp3) is 0.273. The van der Waals surface area contributed by atoms with E-state index in [9.17, 15) is 20.1 Å². The summed E-state index contributed by atoms with van der Waals surface area (Å²) in [4.78, 5) is 25.1. The molecule has 0 aliphatic rings. The van der Waals surface area contributed by atoms with Gasteiger partial charge in [-0.25, -0.2) is 0 Å². The van der Waals surface area contributed by atoms with Crippen molar-refractivity contribution < 1.29 is 27.9 Å². The first-order valence-electron chi connectivity index (χ1n) is 10.0. The second kappa shape index (κ2) is 14.4. The van der Waals surface area contributed by atoms with Crippen molar-refractivity contribution in [1.82, 2.24) is 10.6 Å². The van der Waals surface area contributed by atoms with Crippen molar-refractivity contribution >= 4 is 33.4 Å². The molecule has 0 spiro atoms. The van der Waals surface area contributed by atoms with Gasteiger partial charge in [-0.15, -0.1) is 0 Å². The number of nitriles is 2. The molecule has 2 rings (SSSR count). The SMILES string of the molecule is CCOC(SSC(OCC)=C(C#N)C(=O)NCc1ccco1)=C(C#N)C(=O)NCc1ccco1. The lowest BCUT2D eigenvalue weighted by Crippen LogP contribution is -2.25. The van der Waals surface area contributed by atoms with Crippen LogP contribution in [0.15, 0.2) is 67.0 Å². The molecule has 0 aromatic carbocycles. The molecule has 2 N–H and O–H groups in total. The van der Waals surface area contributed by atoms with Gasteiger partial charge in [0.05, 0.1) is 38.8 Å². The molecule has 0 unspecified atom stereocenters. The van der Waals surface area contributed by atoms with Crippen LogP contribution < -0.4 is 10.6 Å². The molecule has 0 atom stereocenters. The fourth-order valence-corrected chi connectivity index (χ4v) is 4.50. The third-order valence-electron chi connectivity index (χ3n) is 3.84. The summed E-state index contributed by atoms with van der Waals surface area (Å²) in [5.41, 5.74) is -0.523. The molecule has 2 aromatic rings. The van der Waals surface area contributed by atoms with Crippen molar-refractivity contribution in [3.8, 4) is 12.1 Å². The standard InChI is InChI=1S/C22H22N4O6S2/c1-3-29-21(17(11-23)19(27)25-13-15-7-5-9-31-15)33-34-22(30-4-2)18(12-24)20(28)26-14-16-8-6-10-32-16/h5-10H,3-4,13-14H2,1-2H3,(H,25,27)(H,26,28). The Morgan fingerprint density at radius 3 is 1.56 bits per heavy atom. The zero-order chi connectivity index (χ0) is 24.8. The van der Waals surface area contributed by atoms with E-state index in [0.717, 1.165) is 21.6 Å².